The van der Waals surface area contributed by atoms with Crippen molar-refractivity contribution in [2.24, 2.45) is 11.8 Å². The van der Waals surface area contributed by atoms with E-state index in [-0.39, 0.29) is 24.6 Å². The highest BCUT2D eigenvalue weighted by molar-refractivity contribution is 5.95. The Morgan fingerprint density at radius 1 is 1.16 bits per heavy atom. The van der Waals surface area contributed by atoms with Crippen LogP contribution in [0.15, 0.2) is 36.4 Å². The number of allylic oxidation sites excluding steroid dienone is 2. The molecular weight excluding hydrogens is 318 g/mol. The maximum absolute atomic E-state index is 12.7. The molecule has 1 aromatic carbocycles. The molecule has 0 bridgehead atoms. The molecular formula is C20H25NO4. The minimum absolute atomic E-state index is 0.00270. The number of amides is 1. The minimum Gasteiger partial charge on any atom is -0.463 e. The fraction of sp³-hybridized carbons (Fsp3) is 0.500. The Kier molecular flexibility index (Phi) is 5.87. The number of anilines is 1. The molecule has 1 aromatic rings. The minimum atomic E-state index is -0.433. The first kappa shape index (κ1) is 17.7. The van der Waals surface area contributed by atoms with Crippen molar-refractivity contribution in [1.29, 1.82) is 0 Å². The molecule has 1 aliphatic carbocycles. The van der Waals surface area contributed by atoms with Crippen molar-refractivity contribution in [2.45, 2.75) is 38.7 Å². The molecule has 0 spiro atoms. The molecule has 2 aliphatic rings. The molecule has 3 atom stereocenters. The first-order valence-corrected chi connectivity index (χ1v) is 8.94. The van der Waals surface area contributed by atoms with E-state index >= 15 is 0 Å². The number of nitrogens with one attached hydrogen (secondary N) is 1. The fourth-order valence-electron chi connectivity index (χ4n) is 3.29. The normalized spacial score (nSPS) is 25.6. The molecule has 1 heterocycles. The molecule has 1 saturated heterocycles. The zero-order valence-corrected chi connectivity index (χ0v) is 14.6. The van der Waals surface area contributed by atoms with Gasteiger partial charge in [0.25, 0.3) is 0 Å². The van der Waals surface area contributed by atoms with Crippen LogP contribution in [-0.4, -0.2) is 31.2 Å². The number of benzene rings is 1. The average molecular weight is 343 g/mol. The zero-order valence-electron chi connectivity index (χ0n) is 14.6. The molecule has 1 aliphatic heterocycles. The Morgan fingerprint density at radius 2 is 1.88 bits per heavy atom. The maximum Gasteiger partial charge on any atom is 0.310 e. The van der Waals surface area contributed by atoms with E-state index < -0.39 is 11.8 Å². The highest BCUT2D eigenvalue weighted by atomic mass is 16.6. The van der Waals surface area contributed by atoms with Crippen LogP contribution >= 0.6 is 0 Å². The largest absolute Gasteiger partial charge is 0.463 e. The van der Waals surface area contributed by atoms with Crippen molar-refractivity contribution in [2.75, 3.05) is 18.5 Å². The van der Waals surface area contributed by atoms with Gasteiger partial charge in [0.2, 0.25) is 5.91 Å². The van der Waals surface area contributed by atoms with Gasteiger partial charge in [0.1, 0.15) is 6.61 Å². The molecule has 5 nitrogen and oxygen atoms in total. The van der Waals surface area contributed by atoms with Crippen LogP contribution in [-0.2, 0) is 19.1 Å². The van der Waals surface area contributed by atoms with Gasteiger partial charge in [-0.25, -0.2) is 0 Å². The standard InChI is InChI=1S/C20H25NO4/c1-14-8-10-15(11-9-14)21-19(22)17-6-2-3-7-18(17)20(23)25-13-16-5-4-12-24-16/h2-3,8-11,16-18H,4-7,12-13H2,1H3,(H,21,22)/t16-,17-,18+/m1/s1. The van der Waals surface area contributed by atoms with E-state index in [1.54, 1.807) is 0 Å². The number of hydrogen-bond acceptors (Lipinski definition) is 4. The lowest BCUT2D eigenvalue weighted by Gasteiger charge is -2.26. The summed E-state index contributed by atoms with van der Waals surface area (Å²) in [5.74, 6) is -1.27. The SMILES string of the molecule is Cc1ccc(NC(=O)[C@@H]2CC=CC[C@@H]2C(=O)OC[C@H]2CCCO2)cc1. The van der Waals surface area contributed by atoms with Gasteiger partial charge in [-0.2, -0.15) is 0 Å². The summed E-state index contributed by atoms with van der Waals surface area (Å²) >= 11 is 0. The molecule has 134 valence electrons. The molecule has 0 saturated carbocycles. The molecule has 0 aromatic heterocycles. The van der Waals surface area contributed by atoms with Gasteiger partial charge in [0, 0.05) is 12.3 Å². The summed E-state index contributed by atoms with van der Waals surface area (Å²) in [6.45, 7) is 3.01. The number of aryl methyl sites for hydroxylation is 1. The summed E-state index contributed by atoms with van der Waals surface area (Å²) in [4.78, 5) is 25.1. The van der Waals surface area contributed by atoms with Crippen LogP contribution < -0.4 is 5.32 Å². The fourth-order valence-corrected chi connectivity index (χ4v) is 3.29. The van der Waals surface area contributed by atoms with Gasteiger partial charge in [-0.1, -0.05) is 29.8 Å². The predicted molar refractivity (Wildman–Crippen MR) is 95.1 cm³/mol. The van der Waals surface area contributed by atoms with E-state index in [2.05, 4.69) is 5.32 Å². The van der Waals surface area contributed by atoms with Crippen molar-refractivity contribution in [1.82, 2.24) is 0 Å². The summed E-state index contributed by atoms with van der Waals surface area (Å²) in [7, 11) is 0. The van der Waals surface area contributed by atoms with Gasteiger partial charge in [0.15, 0.2) is 0 Å². The third kappa shape index (κ3) is 4.69. The summed E-state index contributed by atoms with van der Waals surface area (Å²) in [6.07, 6.45) is 6.94. The van der Waals surface area contributed by atoms with Crippen LogP contribution in [0.4, 0.5) is 5.69 Å². The van der Waals surface area contributed by atoms with Crippen molar-refractivity contribution in [3.8, 4) is 0 Å². The Hall–Kier alpha value is -2.14. The molecule has 5 heteroatoms. The van der Waals surface area contributed by atoms with Crippen LogP contribution in [0.25, 0.3) is 0 Å². The summed E-state index contributed by atoms with van der Waals surface area (Å²) in [5.41, 5.74) is 1.88. The second kappa shape index (κ2) is 8.30. The molecule has 1 N–H and O–H groups in total. The van der Waals surface area contributed by atoms with E-state index in [9.17, 15) is 9.59 Å². The topological polar surface area (TPSA) is 64.6 Å². The smallest absolute Gasteiger partial charge is 0.310 e. The van der Waals surface area contributed by atoms with Crippen LogP contribution in [0.5, 0.6) is 0 Å². The van der Waals surface area contributed by atoms with Crippen LogP contribution in [0.3, 0.4) is 0 Å². The Balaban J connectivity index is 1.59. The Labute approximate surface area is 148 Å². The summed E-state index contributed by atoms with van der Waals surface area (Å²) < 4.78 is 10.9. The summed E-state index contributed by atoms with van der Waals surface area (Å²) in [6, 6.07) is 7.64. The van der Waals surface area contributed by atoms with Crippen LogP contribution in [0, 0.1) is 18.8 Å². The lowest BCUT2D eigenvalue weighted by molar-refractivity contribution is -0.155. The first-order valence-electron chi connectivity index (χ1n) is 8.94. The number of esters is 1. The number of carbonyl (C=O) groups excluding carboxylic acids is 2. The van der Waals surface area contributed by atoms with Crippen molar-refractivity contribution in [3.63, 3.8) is 0 Å². The number of rotatable bonds is 5. The second-order valence-corrected chi connectivity index (χ2v) is 6.78. The van der Waals surface area contributed by atoms with Gasteiger partial charge in [-0.3, -0.25) is 9.59 Å². The number of ether oxygens (including phenoxy) is 2. The molecule has 0 radical (unpaired) electrons. The van der Waals surface area contributed by atoms with Crippen molar-refractivity contribution < 1.29 is 19.1 Å². The van der Waals surface area contributed by atoms with Gasteiger partial charge in [0.05, 0.1) is 17.9 Å². The number of carbonyl (C=O) groups is 2. The zero-order chi connectivity index (χ0) is 17.6. The molecule has 3 rings (SSSR count). The van der Waals surface area contributed by atoms with Gasteiger partial charge in [-0.15, -0.1) is 0 Å². The van der Waals surface area contributed by atoms with E-state index in [0.29, 0.717) is 12.8 Å². The Morgan fingerprint density at radius 3 is 2.56 bits per heavy atom. The number of hydrogen-bond donors (Lipinski definition) is 1. The Bertz CT molecular complexity index is 632. The van der Waals surface area contributed by atoms with Crippen molar-refractivity contribution >= 4 is 17.6 Å². The third-order valence-electron chi connectivity index (χ3n) is 4.83. The highest BCUT2D eigenvalue weighted by Crippen LogP contribution is 2.28. The highest BCUT2D eigenvalue weighted by Gasteiger charge is 2.35. The summed E-state index contributed by atoms with van der Waals surface area (Å²) in [5, 5.41) is 2.92. The first-order chi connectivity index (χ1) is 12.1. The molecule has 25 heavy (non-hydrogen) atoms. The second-order valence-electron chi connectivity index (χ2n) is 6.78. The molecule has 0 unspecified atom stereocenters. The van der Waals surface area contributed by atoms with E-state index in [0.717, 1.165) is 30.7 Å². The van der Waals surface area contributed by atoms with Gasteiger partial charge >= 0.3 is 5.97 Å². The van der Waals surface area contributed by atoms with E-state index in [4.69, 9.17) is 9.47 Å². The lowest BCUT2D eigenvalue weighted by Crippen LogP contribution is -2.36. The maximum atomic E-state index is 12.7. The monoisotopic (exact) mass is 343 g/mol. The quantitative estimate of drug-likeness (QED) is 0.658. The van der Waals surface area contributed by atoms with E-state index in [1.807, 2.05) is 43.3 Å². The van der Waals surface area contributed by atoms with Gasteiger partial charge in [-0.05, 0) is 44.7 Å². The van der Waals surface area contributed by atoms with Crippen molar-refractivity contribution in [3.05, 3.63) is 42.0 Å². The van der Waals surface area contributed by atoms with E-state index in [1.165, 1.54) is 0 Å². The van der Waals surface area contributed by atoms with Crippen LogP contribution in [0.2, 0.25) is 0 Å². The van der Waals surface area contributed by atoms with Gasteiger partial charge < -0.3 is 14.8 Å². The lowest BCUT2D eigenvalue weighted by atomic mass is 9.82. The molecule has 1 amide bonds. The average Bonchev–Trinajstić information content (AvgIpc) is 3.15. The molecule has 1 fully saturated rings. The predicted octanol–water partition coefficient (Wildman–Crippen LogP) is 3.24. The third-order valence-corrected chi connectivity index (χ3v) is 4.83. The van der Waals surface area contributed by atoms with Crippen LogP contribution in [0.1, 0.15) is 31.2 Å².